The normalized spacial score (nSPS) is 10.1. The third kappa shape index (κ3) is 2.19. The number of benzene rings is 1. The molecule has 1 heterocycles. The molecule has 1 aromatic carbocycles. The smallest absolute Gasteiger partial charge is 0.151 e. The highest BCUT2D eigenvalue weighted by atomic mass is 79.9. The van der Waals surface area contributed by atoms with Crippen LogP contribution in [0.25, 0.3) is 11.3 Å². The van der Waals surface area contributed by atoms with Crippen LogP contribution in [0.4, 0.5) is 0 Å². The van der Waals surface area contributed by atoms with E-state index in [0.717, 1.165) is 27.7 Å². The monoisotopic (exact) mass is 275 g/mol. The lowest BCUT2D eigenvalue weighted by Gasteiger charge is -2.04. The zero-order valence-corrected chi connectivity index (χ0v) is 10.4. The van der Waals surface area contributed by atoms with Crippen molar-refractivity contribution in [2.75, 3.05) is 0 Å². The standard InChI is InChI=1S/C13H10BrNO/c1-9-11(8-16)5-6-13(15-9)10-3-2-4-12(14)7-10/h2-8H,1H3. The van der Waals surface area contributed by atoms with Crippen molar-refractivity contribution in [3.63, 3.8) is 0 Å². The van der Waals surface area contributed by atoms with Crippen molar-refractivity contribution in [3.05, 3.63) is 52.1 Å². The molecule has 16 heavy (non-hydrogen) atoms. The van der Waals surface area contributed by atoms with Gasteiger partial charge in [0.1, 0.15) is 0 Å². The summed E-state index contributed by atoms with van der Waals surface area (Å²) < 4.78 is 1.02. The summed E-state index contributed by atoms with van der Waals surface area (Å²) >= 11 is 3.42. The van der Waals surface area contributed by atoms with Crippen molar-refractivity contribution < 1.29 is 4.79 Å². The predicted molar refractivity (Wildman–Crippen MR) is 67.5 cm³/mol. The lowest BCUT2D eigenvalue weighted by atomic mass is 10.1. The molecule has 0 atom stereocenters. The molecule has 0 saturated carbocycles. The van der Waals surface area contributed by atoms with Crippen molar-refractivity contribution in [2.24, 2.45) is 0 Å². The van der Waals surface area contributed by atoms with Crippen LogP contribution < -0.4 is 0 Å². The molecule has 0 amide bonds. The molecule has 0 aliphatic heterocycles. The van der Waals surface area contributed by atoms with Gasteiger partial charge in [-0.25, -0.2) is 0 Å². The molecular formula is C13H10BrNO. The molecule has 80 valence electrons. The molecule has 0 N–H and O–H groups in total. The zero-order valence-electron chi connectivity index (χ0n) is 8.77. The molecule has 0 aliphatic carbocycles. The second kappa shape index (κ2) is 4.58. The minimum absolute atomic E-state index is 0.638. The van der Waals surface area contributed by atoms with E-state index in [-0.39, 0.29) is 0 Å². The van der Waals surface area contributed by atoms with Crippen LogP contribution in [0.15, 0.2) is 40.9 Å². The number of aromatic nitrogens is 1. The first-order valence-corrected chi connectivity index (χ1v) is 5.69. The molecule has 2 nitrogen and oxygen atoms in total. The van der Waals surface area contributed by atoms with Gasteiger partial charge in [0.05, 0.1) is 5.69 Å². The Labute approximate surface area is 102 Å². The molecular weight excluding hydrogens is 266 g/mol. The Kier molecular flexibility index (Phi) is 3.15. The first-order valence-electron chi connectivity index (χ1n) is 4.89. The molecule has 0 aliphatic rings. The third-order valence-electron chi connectivity index (χ3n) is 2.37. The third-order valence-corrected chi connectivity index (χ3v) is 2.87. The highest BCUT2D eigenvalue weighted by Crippen LogP contribution is 2.22. The number of aldehydes is 1. The summed E-state index contributed by atoms with van der Waals surface area (Å²) in [5.41, 5.74) is 3.31. The van der Waals surface area contributed by atoms with Crippen molar-refractivity contribution in [1.29, 1.82) is 0 Å². The summed E-state index contributed by atoms with van der Waals surface area (Å²) in [5.74, 6) is 0. The van der Waals surface area contributed by atoms with Crippen LogP contribution in [0.5, 0.6) is 0 Å². The van der Waals surface area contributed by atoms with E-state index in [1.165, 1.54) is 0 Å². The molecule has 2 rings (SSSR count). The largest absolute Gasteiger partial charge is 0.298 e. The summed E-state index contributed by atoms with van der Waals surface area (Å²) in [6, 6.07) is 11.6. The summed E-state index contributed by atoms with van der Waals surface area (Å²) in [7, 11) is 0. The maximum Gasteiger partial charge on any atom is 0.151 e. The Bertz CT molecular complexity index is 537. The van der Waals surface area contributed by atoms with E-state index >= 15 is 0 Å². The van der Waals surface area contributed by atoms with Crippen molar-refractivity contribution in [3.8, 4) is 11.3 Å². The van der Waals surface area contributed by atoms with Crippen LogP contribution in [0.2, 0.25) is 0 Å². The van der Waals surface area contributed by atoms with Gasteiger partial charge in [-0.15, -0.1) is 0 Å². The van der Waals surface area contributed by atoms with Gasteiger partial charge in [-0.1, -0.05) is 28.1 Å². The van der Waals surface area contributed by atoms with E-state index < -0.39 is 0 Å². The van der Waals surface area contributed by atoms with Gasteiger partial charge in [-0.05, 0) is 31.2 Å². The minimum Gasteiger partial charge on any atom is -0.298 e. The Balaban J connectivity index is 2.49. The number of rotatable bonds is 2. The van der Waals surface area contributed by atoms with Crippen LogP contribution in [-0.2, 0) is 0 Å². The first kappa shape index (κ1) is 11.0. The van der Waals surface area contributed by atoms with E-state index in [4.69, 9.17) is 0 Å². The van der Waals surface area contributed by atoms with Crippen molar-refractivity contribution >= 4 is 22.2 Å². The van der Waals surface area contributed by atoms with Crippen LogP contribution in [-0.4, -0.2) is 11.3 Å². The average Bonchev–Trinajstić information content (AvgIpc) is 2.29. The predicted octanol–water partition coefficient (Wildman–Crippen LogP) is 3.63. The molecule has 0 fully saturated rings. The first-order chi connectivity index (χ1) is 7.70. The fraction of sp³-hybridized carbons (Fsp3) is 0.0769. The Morgan fingerprint density at radius 1 is 1.25 bits per heavy atom. The molecule has 3 heteroatoms. The summed E-state index contributed by atoms with van der Waals surface area (Å²) in [4.78, 5) is 15.1. The van der Waals surface area contributed by atoms with E-state index in [1.807, 2.05) is 37.3 Å². The van der Waals surface area contributed by atoms with Gasteiger partial charge in [0.15, 0.2) is 6.29 Å². The van der Waals surface area contributed by atoms with Gasteiger partial charge < -0.3 is 0 Å². The second-order valence-electron chi connectivity index (χ2n) is 3.50. The molecule has 0 bridgehead atoms. The summed E-state index contributed by atoms with van der Waals surface area (Å²) in [6.45, 7) is 1.84. The maximum atomic E-state index is 10.7. The van der Waals surface area contributed by atoms with Crippen LogP contribution in [0.1, 0.15) is 16.1 Å². The fourth-order valence-electron chi connectivity index (χ4n) is 1.50. The number of hydrogen-bond donors (Lipinski definition) is 0. The number of pyridine rings is 1. The number of hydrogen-bond acceptors (Lipinski definition) is 2. The average molecular weight is 276 g/mol. The molecule has 0 spiro atoms. The van der Waals surface area contributed by atoms with Crippen molar-refractivity contribution in [2.45, 2.75) is 6.92 Å². The molecule has 2 aromatic rings. The highest BCUT2D eigenvalue weighted by molar-refractivity contribution is 9.10. The lowest BCUT2D eigenvalue weighted by molar-refractivity contribution is 0.112. The summed E-state index contributed by atoms with van der Waals surface area (Å²) in [6.07, 6.45) is 0.826. The van der Waals surface area contributed by atoms with Crippen LogP contribution in [0, 0.1) is 6.92 Å². The molecule has 1 aromatic heterocycles. The van der Waals surface area contributed by atoms with Crippen LogP contribution >= 0.6 is 15.9 Å². The van der Waals surface area contributed by atoms with Gasteiger partial charge in [0.25, 0.3) is 0 Å². The van der Waals surface area contributed by atoms with Gasteiger partial charge in [-0.3, -0.25) is 9.78 Å². The number of nitrogens with zero attached hydrogens (tertiary/aromatic N) is 1. The molecule has 0 radical (unpaired) electrons. The Hall–Kier alpha value is -1.48. The van der Waals surface area contributed by atoms with Gasteiger partial charge in [0, 0.05) is 21.3 Å². The Morgan fingerprint density at radius 2 is 2.06 bits per heavy atom. The summed E-state index contributed by atoms with van der Waals surface area (Å²) in [5, 5.41) is 0. The number of halogens is 1. The fourth-order valence-corrected chi connectivity index (χ4v) is 1.90. The Morgan fingerprint density at radius 3 is 2.69 bits per heavy atom. The number of carbonyl (C=O) groups excluding carboxylic acids is 1. The quantitative estimate of drug-likeness (QED) is 0.784. The van der Waals surface area contributed by atoms with E-state index in [1.54, 1.807) is 6.07 Å². The van der Waals surface area contributed by atoms with Gasteiger partial charge >= 0.3 is 0 Å². The van der Waals surface area contributed by atoms with E-state index in [0.29, 0.717) is 5.56 Å². The van der Waals surface area contributed by atoms with Crippen LogP contribution in [0.3, 0.4) is 0 Å². The molecule has 0 saturated heterocycles. The van der Waals surface area contributed by atoms with Gasteiger partial charge in [0.2, 0.25) is 0 Å². The van der Waals surface area contributed by atoms with Gasteiger partial charge in [-0.2, -0.15) is 0 Å². The van der Waals surface area contributed by atoms with E-state index in [9.17, 15) is 4.79 Å². The second-order valence-corrected chi connectivity index (χ2v) is 4.42. The highest BCUT2D eigenvalue weighted by Gasteiger charge is 2.03. The number of aryl methyl sites for hydroxylation is 1. The maximum absolute atomic E-state index is 10.7. The van der Waals surface area contributed by atoms with Crippen molar-refractivity contribution in [1.82, 2.24) is 4.98 Å². The number of carbonyl (C=O) groups is 1. The van der Waals surface area contributed by atoms with E-state index in [2.05, 4.69) is 20.9 Å². The lowest BCUT2D eigenvalue weighted by Crippen LogP contribution is -1.92. The molecule has 0 unspecified atom stereocenters. The minimum atomic E-state index is 0.638. The zero-order chi connectivity index (χ0) is 11.5. The SMILES string of the molecule is Cc1nc(-c2cccc(Br)c2)ccc1C=O. The topological polar surface area (TPSA) is 30.0 Å².